The molecule has 29 heavy (non-hydrogen) atoms. The summed E-state index contributed by atoms with van der Waals surface area (Å²) in [5.41, 5.74) is 3.88. The summed E-state index contributed by atoms with van der Waals surface area (Å²) in [5.74, 6) is 0. The number of hydrogen-bond donors (Lipinski definition) is 1. The zero-order valence-corrected chi connectivity index (χ0v) is 18.0. The van der Waals surface area contributed by atoms with Crippen LogP contribution in [0.15, 0.2) is 61.1 Å². The lowest BCUT2D eigenvalue weighted by atomic mass is 9.78. The van der Waals surface area contributed by atoms with E-state index < -0.39 is 0 Å². The first-order chi connectivity index (χ1) is 13.8. The minimum atomic E-state index is 0.108. The van der Waals surface area contributed by atoms with E-state index in [2.05, 4.69) is 73.2 Å². The van der Waals surface area contributed by atoms with Crippen molar-refractivity contribution >= 4 is 10.9 Å². The first kappa shape index (κ1) is 20.0. The number of pyridine rings is 2. The van der Waals surface area contributed by atoms with Gasteiger partial charge in [0.15, 0.2) is 0 Å². The predicted molar refractivity (Wildman–Crippen MR) is 120 cm³/mol. The number of piperidine rings is 1. The van der Waals surface area contributed by atoms with Gasteiger partial charge in [0.2, 0.25) is 0 Å². The summed E-state index contributed by atoms with van der Waals surface area (Å²) >= 11 is 0. The number of aromatic nitrogens is 2. The average molecular weight is 389 g/mol. The third-order valence-corrected chi connectivity index (χ3v) is 5.88. The van der Waals surface area contributed by atoms with Crippen LogP contribution in [0.1, 0.15) is 51.7 Å². The van der Waals surface area contributed by atoms with Gasteiger partial charge in [0.1, 0.15) is 0 Å². The molecule has 1 aliphatic rings. The number of fused-ring (bicyclic) bond motifs is 1. The Hall–Kier alpha value is -2.30. The van der Waals surface area contributed by atoms with Gasteiger partial charge in [0.25, 0.3) is 0 Å². The second kappa shape index (κ2) is 7.85. The van der Waals surface area contributed by atoms with Crippen LogP contribution < -0.4 is 5.32 Å². The van der Waals surface area contributed by atoms with Gasteiger partial charge in [-0.1, -0.05) is 30.3 Å². The highest BCUT2D eigenvalue weighted by Crippen LogP contribution is 2.33. The molecule has 4 heteroatoms. The molecule has 1 aliphatic heterocycles. The summed E-state index contributed by atoms with van der Waals surface area (Å²) in [6.45, 7) is 11.1. The molecule has 0 amide bonds. The third-order valence-electron chi connectivity index (χ3n) is 5.88. The van der Waals surface area contributed by atoms with Gasteiger partial charge in [-0.2, -0.15) is 0 Å². The Morgan fingerprint density at radius 3 is 2.38 bits per heavy atom. The van der Waals surface area contributed by atoms with E-state index in [0.717, 1.165) is 31.4 Å². The van der Waals surface area contributed by atoms with Gasteiger partial charge < -0.3 is 5.32 Å². The normalized spacial score (nSPS) is 18.9. The van der Waals surface area contributed by atoms with Gasteiger partial charge in [-0.15, -0.1) is 0 Å². The smallest absolute Gasteiger partial charge is 0.0746 e. The summed E-state index contributed by atoms with van der Waals surface area (Å²) in [4.78, 5) is 11.7. The second-order valence-corrected chi connectivity index (χ2v) is 9.71. The molecule has 1 N–H and O–H groups in total. The fourth-order valence-electron chi connectivity index (χ4n) is 5.08. The van der Waals surface area contributed by atoms with Crippen LogP contribution in [0.2, 0.25) is 0 Å². The monoisotopic (exact) mass is 388 g/mol. The number of rotatable bonds is 5. The minimum Gasteiger partial charge on any atom is -0.307 e. The maximum atomic E-state index is 4.69. The van der Waals surface area contributed by atoms with E-state index in [-0.39, 0.29) is 11.1 Å². The largest absolute Gasteiger partial charge is 0.307 e. The van der Waals surface area contributed by atoms with Gasteiger partial charge >= 0.3 is 0 Å². The van der Waals surface area contributed by atoms with Crippen molar-refractivity contribution in [2.24, 2.45) is 0 Å². The summed E-state index contributed by atoms with van der Waals surface area (Å²) in [6.07, 6.45) is 7.97. The lowest BCUT2D eigenvalue weighted by Gasteiger charge is -2.49. The molecule has 152 valence electrons. The van der Waals surface area contributed by atoms with Gasteiger partial charge in [0, 0.05) is 54.2 Å². The highest BCUT2D eigenvalue weighted by atomic mass is 15.2. The van der Waals surface area contributed by atoms with Gasteiger partial charge in [-0.25, -0.2) is 0 Å². The maximum Gasteiger partial charge on any atom is 0.0746 e. The quantitative estimate of drug-likeness (QED) is 0.672. The lowest BCUT2D eigenvalue weighted by molar-refractivity contribution is 0.0565. The minimum absolute atomic E-state index is 0.108. The zero-order valence-electron chi connectivity index (χ0n) is 18.0. The molecule has 0 aliphatic carbocycles. The van der Waals surface area contributed by atoms with E-state index in [1.165, 1.54) is 16.5 Å². The van der Waals surface area contributed by atoms with E-state index >= 15 is 0 Å². The second-order valence-electron chi connectivity index (χ2n) is 9.71. The fraction of sp³-hybridized carbons (Fsp3) is 0.440. The first-order valence-corrected chi connectivity index (χ1v) is 10.6. The Morgan fingerprint density at radius 1 is 0.931 bits per heavy atom. The Kier molecular flexibility index (Phi) is 5.41. The number of para-hydroxylation sites is 1. The van der Waals surface area contributed by atoms with Gasteiger partial charge in [0.05, 0.1) is 5.52 Å². The molecule has 0 spiro atoms. The van der Waals surface area contributed by atoms with Gasteiger partial charge in [-0.3, -0.25) is 14.9 Å². The van der Waals surface area contributed by atoms with Crippen molar-refractivity contribution < 1.29 is 0 Å². The Bertz CT molecular complexity index is 943. The van der Waals surface area contributed by atoms with Crippen LogP contribution in [0.4, 0.5) is 0 Å². The van der Waals surface area contributed by atoms with Crippen molar-refractivity contribution in [1.82, 2.24) is 20.2 Å². The molecule has 1 saturated heterocycles. The Labute approximate surface area is 174 Å². The molecule has 0 unspecified atom stereocenters. The molecule has 1 aromatic carbocycles. The van der Waals surface area contributed by atoms with Crippen LogP contribution in [0, 0.1) is 0 Å². The molecule has 4 nitrogen and oxygen atoms in total. The van der Waals surface area contributed by atoms with Crippen LogP contribution in [-0.4, -0.2) is 32.0 Å². The van der Waals surface area contributed by atoms with Crippen LogP contribution in [0.25, 0.3) is 10.9 Å². The molecule has 1 fully saturated rings. The maximum absolute atomic E-state index is 4.69. The number of nitrogens with one attached hydrogen (secondary N) is 1. The Morgan fingerprint density at radius 2 is 1.66 bits per heavy atom. The molecule has 0 radical (unpaired) electrons. The highest BCUT2D eigenvalue weighted by molar-refractivity contribution is 5.81. The molecule has 3 aromatic rings. The van der Waals surface area contributed by atoms with E-state index in [1.807, 2.05) is 30.7 Å². The topological polar surface area (TPSA) is 41.1 Å². The summed E-state index contributed by atoms with van der Waals surface area (Å²) < 4.78 is 0. The molecule has 0 atom stereocenters. The average Bonchev–Trinajstić information content (AvgIpc) is 2.66. The van der Waals surface area contributed by atoms with E-state index in [0.29, 0.717) is 6.04 Å². The molecular weight excluding hydrogens is 356 g/mol. The molecule has 4 rings (SSSR count). The van der Waals surface area contributed by atoms with Crippen LogP contribution >= 0.6 is 0 Å². The number of nitrogens with zero attached hydrogens (tertiary/aromatic N) is 3. The van der Waals surface area contributed by atoms with Gasteiger partial charge in [-0.05, 0) is 63.8 Å². The number of benzene rings is 1. The predicted octanol–water partition coefficient (Wildman–Crippen LogP) is 4.94. The van der Waals surface area contributed by atoms with Crippen molar-refractivity contribution in [2.45, 2.75) is 70.7 Å². The van der Waals surface area contributed by atoms with Crippen molar-refractivity contribution in [3.05, 3.63) is 72.2 Å². The molecule has 3 heterocycles. The van der Waals surface area contributed by atoms with Crippen molar-refractivity contribution in [3.63, 3.8) is 0 Å². The van der Waals surface area contributed by atoms with Crippen molar-refractivity contribution in [2.75, 3.05) is 0 Å². The van der Waals surface area contributed by atoms with Crippen molar-refractivity contribution in [3.8, 4) is 0 Å². The van der Waals surface area contributed by atoms with E-state index in [1.54, 1.807) is 0 Å². The molecule has 2 aromatic heterocycles. The zero-order chi connectivity index (χ0) is 20.5. The summed E-state index contributed by atoms with van der Waals surface area (Å²) in [6, 6.07) is 15.4. The van der Waals surface area contributed by atoms with Crippen LogP contribution in [0.3, 0.4) is 0 Å². The molecular formula is C25H32N4. The first-order valence-electron chi connectivity index (χ1n) is 10.6. The molecule has 0 saturated carbocycles. The van der Waals surface area contributed by atoms with Crippen LogP contribution in [-0.2, 0) is 13.1 Å². The highest BCUT2D eigenvalue weighted by Gasteiger charge is 2.40. The van der Waals surface area contributed by atoms with E-state index in [9.17, 15) is 0 Å². The fourth-order valence-corrected chi connectivity index (χ4v) is 5.08. The third kappa shape index (κ3) is 4.82. The van der Waals surface area contributed by atoms with Crippen LogP contribution in [0.5, 0.6) is 0 Å². The van der Waals surface area contributed by atoms with E-state index in [4.69, 9.17) is 4.98 Å². The molecule has 0 bridgehead atoms. The lowest BCUT2D eigenvalue weighted by Crippen LogP contribution is -2.62. The summed E-state index contributed by atoms with van der Waals surface area (Å²) in [7, 11) is 0. The standard InChI is InChI=1S/C25H32N4/c1-24(2)14-22(15-25(3,4)28-24)29(17-19-8-6-12-26-16-19)18-21-10-5-9-20-11-7-13-27-23(20)21/h5-13,16,22,28H,14-15,17-18H2,1-4H3. The van der Waals surface area contributed by atoms with Crippen molar-refractivity contribution in [1.29, 1.82) is 0 Å². The SMILES string of the molecule is CC1(C)CC(N(Cc2cccnc2)Cc2cccc3cccnc23)CC(C)(C)N1. The number of hydrogen-bond acceptors (Lipinski definition) is 4. The Balaban J connectivity index is 1.68. The summed E-state index contributed by atoms with van der Waals surface area (Å²) in [5, 5.41) is 5.03.